The number of benzene rings is 3. The predicted molar refractivity (Wildman–Crippen MR) is 121 cm³/mol. The highest BCUT2D eigenvalue weighted by Crippen LogP contribution is 2.20. The minimum absolute atomic E-state index is 0.427. The van der Waals surface area contributed by atoms with Gasteiger partial charge in [-0.25, -0.2) is 4.79 Å². The maximum Gasteiger partial charge on any atom is 0.515 e. The van der Waals surface area contributed by atoms with Crippen molar-refractivity contribution in [1.29, 1.82) is 0 Å². The molecule has 0 bridgehead atoms. The first-order chi connectivity index (χ1) is 14.7. The lowest BCUT2D eigenvalue weighted by atomic mass is 10.1. The third kappa shape index (κ3) is 6.38. The summed E-state index contributed by atoms with van der Waals surface area (Å²) in [6, 6.07) is 27.8. The molecule has 156 valence electrons. The van der Waals surface area contributed by atoms with E-state index in [0.29, 0.717) is 5.75 Å². The van der Waals surface area contributed by atoms with E-state index in [-0.39, 0.29) is 0 Å². The highest BCUT2D eigenvalue weighted by atomic mass is 16.7. The predicted octanol–water partition coefficient (Wildman–Crippen LogP) is 6.45. The molecule has 3 aromatic carbocycles. The lowest BCUT2D eigenvalue weighted by molar-refractivity contribution is 0.0640. The zero-order valence-electron chi connectivity index (χ0n) is 17.7. The van der Waals surface area contributed by atoms with E-state index >= 15 is 0 Å². The summed E-state index contributed by atoms with van der Waals surface area (Å²) in [5, 5.41) is 0. The van der Waals surface area contributed by atoms with Gasteiger partial charge in [0.2, 0.25) is 0 Å². The van der Waals surface area contributed by atoms with Crippen LogP contribution < -0.4 is 9.64 Å². The number of carbonyl (C=O) groups excluding carboxylic acids is 1. The minimum atomic E-state index is -0.698. The van der Waals surface area contributed by atoms with Crippen LogP contribution in [-0.4, -0.2) is 18.9 Å². The van der Waals surface area contributed by atoms with Crippen molar-refractivity contribution in [2.24, 2.45) is 0 Å². The number of ether oxygens (including phenoxy) is 2. The second kappa shape index (κ2) is 11.1. The van der Waals surface area contributed by atoms with Crippen molar-refractivity contribution in [2.75, 3.05) is 11.4 Å². The fourth-order valence-electron chi connectivity index (χ4n) is 3.30. The minimum Gasteiger partial charge on any atom is -0.410 e. The zero-order valence-corrected chi connectivity index (χ0v) is 17.7. The van der Waals surface area contributed by atoms with Gasteiger partial charge >= 0.3 is 6.16 Å². The molecule has 3 rings (SSSR count). The summed E-state index contributed by atoms with van der Waals surface area (Å²) in [6.45, 7) is 4.82. The molecule has 0 N–H and O–H groups in total. The van der Waals surface area contributed by atoms with E-state index in [1.807, 2.05) is 67.6 Å². The number of hydrogen-bond acceptors (Lipinski definition) is 4. The molecule has 0 aliphatic heterocycles. The van der Waals surface area contributed by atoms with Crippen molar-refractivity contribution < 1.29 is 14.3 Å². The maximum absolute atomic E-state index is 12.3. The normalized spacial score (nSPS) is 11.5. The van der Waals surface area contributed by atoms with Crippen molar-refractivity contribution >= 4 is 11.8 Å². The molecule has 30 heavy (non-hydrogen) atoms. The Kier molecular flexibility index (Phi) is 7.90. The summed E-state index contributed by atoms with van der Waals surface area (Å²) in [5.74, 6) is 0.476. The SMILES string of the molecule is CCCCN(c1ccccc1)C(C)OC(=O)Oc1ccc(Cc2ccccc2)cc1. The van der Waals surface area contributed by atoms with Gasteiger partial charge in [-0.15, -0.1) is 0 Å². The number of rotatable bonds is 9. The summed E-state index contributed by atoms with van der Waals surface area (Å²) in [5.41, 5.74) is 3.43. The van der Waals surface area contributed by atoms with Gasteiger partial charge in [0.15, 0.2) is 6.23 Å². The van der Waals surface area contributed by atoms with Crippen LogP contribution in [0.2, 0.25) is 0 Å². The topological polar surface area (TPSA) is 38.8 Å². The van der Waals surface area contributed by atoms with Gasteiger partial charge in [-0.05, 0) is 55.2 Å². The van der Waals surface area contributed by atoms with Crippen LogP contribution in [0.3, 0.4) is 0 Å². The van der Waals surface area contributed by atoms with Gasteiger partial charge < -0.3 is 14.4 Å². The lowest BCUT2D eigenvalue weighted by Gasteiger charge is -2.30. The van der Waals surface area contributed by atoms with Crippen molar-refractivity contribution in [3.8, 4) is 5.75 Å². The molecule has 0 aliphatic carbocycles. The van der Waals surface area contributed by atoms with Crippen LogP contribution >= 0.6 is 0 Å². The summed E-state index contributed by atoms with van der Waals surface area (Å²) < 4.78 is 11.0. The summed E-state index contributed by atoms with van der Waals surface area (Å²) >= 11 is 0. The van der Waals surface area contributed by atoms with Gasteiger partial charge in [0, 0.05) is 12.2 Å². The van der Waals surface area contributed by atoms with Crippen LogP contribution in [0.15, 0.2) is 84.9 Å². The Morgan fingerprint density at radius 1 is 0.867 bits per heavy atom. The molecule has 3 aromatic rings. The van der Waals surface area contributed by atoms with Gasteiger partial charge in [-0.3, -0.25) is 0 Å². The molecule has 0 aliphatic rings. The fourth-order valence-corrected chi connectivity index (χ4v) is 3.30. The summed E-state index contributed by atoms with van der Waals surface area (Å²) in [6.07, 6.45) is 1.79. The van der Waals surface area contributed by atoms with E-state index in [1.165, 1.54) is 5.56 Å². The number of para-hydroxylation sites is 1. The fraction of sp³-hybridized carbons (Fsp3) is 0.269. The van der Waals surface area contributed by atoms with Crippen LogP contribution in [0.25, 0.3) is 0 Å². The molecular formula is C26H29NO3. The van der Waals surface area contributed by atoms with E-state index in [1.54, 1.807) is 12.1 Å². The quantitative estimate of drug-likeness (QED) is 0.234. The summed E-state index contributed by atoms with van der Waals surface area (Å²) in [7, 11) is 0. The number of anilines is 1. The molecular weight excluding hydrogens is 374 g/mol. The molecule has 0 heterocycles. The second-order valence-electron chi connectivity index (χ2n) is 7.26. The average molecular weight is 404 g/mol. The first-order valence-corrected chi connectivity index (χ1v) is 10.5. The molecule has 0 radical (unpaired) electrons. The van der Waals surface area contributed by atoms with Crippen molar-refractivity contribution in [3.63, 3.8) is 0 Å². The van der Waals surface area contributed by atoms with Crippen LogP contribution in [0.1, 0.15) is 37.8 Å². The Morgan fingerprint density at radius 2 is 1.47 bits per heavy atom. The maximum atomic E-state index is 12.3. The van der Waals surface area contributed by atoms with E-state index in [9.17, 15) is 4.79 Å². The Morgan fingerprint density at radius 3 is 2.10 bits per heavy atom. The smallest absolute Gasteiger partial charge is 0.410 e. The van der Waals surface area contributed by atoms with Crippen LogP contribution in [0.4, 0.5) is 10.5 Å². The summed E-state index contributed by atoms with van der Waals surface area (Å²) in [4.78, 5) is 14.4. The van der Waals surface area contributed by atoms with E-state index < -0.39 is 12.4 Å². The van der Waals surface area contributed by atoms with Gasteiger partial charge in [0.1, 0.15) is 5.75 Å². The molecule has 4 nitrogen and oxygen atoms in total. The molecule has 0 aromatic heterocycles. The monoisotopic (exact) mass is 403 g/mol. The van der Waals surface area contributed by atoms with Gasteiger partial charge in [-0.1, -0.05) is 74.0 Å². The first kappa shape index (κ1) is 21.4. The second-order valence-corrected chi connectivity index (χ2v) is 7.26. The third-order valence-electron chi connectivity index (χ3n) is 4.92. The molecule has 0 saturated carbocycles. The average Bonchev–Trinajstić information content (AvgIpc) is 2.77. The van der Waals surface area contributed by atoms with E-state index in [0.717, 1.165) is 37.1 Å². The van der Waals surface area contributed by atoms with Crippen LogP contribution in [0, 0.1) is 0 Å². The van der Waals surface area contributed by atoms with Crippen molar-refractivity contribution in [3.05, 3.63) is 96.1 Å². The van der Waals surface area contributed by atoms with Gasteiger partial charge in [0.05, 0.1) is 0 Å². The number of carbonyl (C=O) groups is 1. The molecule has 0 saturated heterocycles. The molecule has 1 unspecified atom stereocenters. The highest BCUT2D eigenvalue weighted by molar-refractivity contribution is 5.64. The lowest BCUT2D eigenvalue weighted by Crippen LogP contribution is -2.38. The van der Waals surface area contributed by atoms with E-state index in [4.69, 9.17) is 9.47 Å². The largest absolute Gasteiger partial charge is 0.515 e. The zero-order chi connectivity index (χ0) is 21.2. The molecule has 0 amide bonds. The van der Waals surface area contributed by atoms with Crippen molar-refractivity contribution in [2.45, 2.75) is 39.3 Å². The van der Waals surface area contributed by atoms with Crippen molar-refractivity contribution in [1.82, 2.24) is 0 Å². The Labute approximate surface area is 179 Å². The first-order valence-electron chi connectivity index (χ1n) is 10.5. The van der Waals surface area contributed by atoms with Gasteiger partial charge in [-0.2, -0.15) is 0 Å². The van der Waals surface area contributed by atoms with Crippen LogP contribution in [-0.2, 0) is 11.2 Å². The Bertz CT molecular complexity index is 895. The standard InChI is InChI=1S/C26H29NO3/c1-3-4-19-27(24-13-9-6-10-14-24)21(2)29-26(28)30-25-17-15-23(16-18-25)20-22-11-7-5-8-12-22/h5-18,21H,3-4,19-20H2,1-2H3. The molecule has 0 fully saturated rings. The number of hydrogen-bond donors (Lipinski definition) is 0. The molecule has 4 heteroatoms. The Balaban J connectivity index is 1.57. The number of nitrogens with zero attached hydrogens (tertiary/aromatic N) is 1. The van der Waals surface area contributed by atoms with Crippen LogP contribution in [0.5, 0.6) is 5.75 Å². The number of unbranched alkanes of at least 4 members (excludes halogenated alkanes) is 1. The molecule has 1 atom stereocenters. The highest BCUT2D eigenvalue weighted by Gasteiger charge is 2.19. The Hall–Kier alpha value is -3.27. The van der Waals surface area contributed by atoms with E-state index in [2.05, 4.69) is 24.0 Å². The van der Waals surface area contributed by atoms with Gasteiger partial charge in [0.25, 0.3) is 0 Å². The third-order valence-corrected chi connectivity index (χ3v) is 4.92. The molecule has 0 spiro atoms.